The Balaban J connectivity index is 1.51. The van der Waals surface area contributed by atoms with Gasteiger partial charge in [-0.2, -0.15) is 0 Å². The van der Waals surface area contributed by atoms with Crippen LogP contribution in [0, 0.1) is 0 Å². The Bertz CT molecular complexity index is 1160. The number of amides is 1. The number of carbonyl (C=O) groups excluding carboxylic acids is 1. The molecular formula is C24H21N3O3. The van der Waals surface area contributed by atoms with Gasteiger partial charge >= 0.3 is 0 Å². The van der Waals surface area contributed by atoms with Gasteiger partial charge in [-0.3, -0.25) is 14.7 Å². The summed E-state index contributed by atoms with van der Waals surface area (Å²) in [7, 11) is 1.57. The summed E-state index contributed by atoms with van der Waals surface area (Å²) in [4.78, 5) is 19.9. The molecule has 3 aromatic carbocycles. The lowest BCUT2D eigenvalue weighted by atomic mass is 10.1. The maximum Gasteiger partial charge on any atom is 0.261 e. The van der Waals surface area contributed by atoms with E-state index in [4.69, 9.17) is 15.2 Å². The van der Waals surface area contributed by atoms with Crippen LogP contribution >= 0.6 is 0 Å². The molecule has 0 spiro atoms. The monoisotopic (exact) mass is 399 g/mol. The number of nitrogens with zero attached hydrogens (tertiary/aromatic N) is 2. The third-order valence-corrected chi connectivity index (χ3v) is 5.48. The first-order valence-corrected chi connectivity index (χ1v) is 9.79. The van der Waals surface area contributed by atoms with Crippen LogP contribution < -0.4 is 20.1 Å². The summed E-state index contributed by atoms with van der Waals surface area (Å²) in [6.45, 7) is 0.398. The number of nitrogen functional groups attached to an aromatic ring is 1. The molecule has 2 aliphatic rings. The van der Waals surface area contributed by atoms with E-state index in [0.29, 0.717) is 41.5 Å². The van der Waals surface area contributed by atoms with Gasteiger partial charge in [0.2, 0.25) is 0 Å². The second-order valence-corrected chi connectivity index (χ2v) is 7.41. The number of carbonyl (C=O) groups is 1. The molecule has 0 bridgehead atoms. The van der Waals surface area contributed by atoms with E-state index in [2.05, 4.69) is 4.99 Å². The van der Waals surface area contributed by atoms with Crippen molar-refractivity contribution >= 4 is 29.2 Å². The number of nitrogens with two attached hydrogens (primary N) is 1. The summed E-state index contributed by atoms with van der Waals surface area (Å²) in [5, 5.41) is 0. The van der Waals surface area contributed by atoms with Crippen LogP contribution in [0.3, 0.4) is 0 Å². The average Bonchev–Trinajstić information content (AvgIpc) is 3.07. The smallest absolute Gasteiger partial charge is 0.261 e. The Labute approximate surface area is 174 Å². The highest BCUT2D eigenvalue weighted by molar-refractivity contribution is 6.15. The number of methoxy groups -OCH3 is 1. The molecule has 2 aliphatic heterocycles. The van der Waals surface area contributed by atoms with Gasteiger partial charge in [-0.1, -0.05) is 36.4 Å². The molecule has 30 heavy (non-hydrogen) atoms. The zero-order chi connectivity index (χ0) is 20.7. The van der Waals surface area contributed by atoms with Crippen LogP contribution in [-0.4, -0.2) is 25.3 Å². The van der Waals surface area contributed by atoms with E-state index >= 15 is 0 Å². The molecule has 0 aromatic heterocycles. The molecule has 6 heteroatoms. The van der Waals surface area contributed by atoms with Crippen molar-refractivity contribution in [1.29, 1.82) is 0 Å². The van der Waals surface area contributed by atoms with Crippen molar-refractivity contribution in [3.8, 4) is 11.5 Å². The van der Waals surface area contributed by atoms with E-state index in [1.807, 2.05) is 54.7 Å². The van der Waals surface area contributed by atoms with Gasteiger partial charge in [0, 0.05) is 24.4 Å². The fourth-order valence-corrected chi connectivity index (χ4v) is 3.98. The Morgan fingerprint density at radius 2 is 1.93 bits per heavy atom. The van der Waals surface area contributed by atoms with Gasteiger partial charge in [0.05, 0.1) is 30.1 Å². The third kappa shape index (κ3) is 3.06. The molecule has 2 N–H and O–H groups in total. The minimum Gasteiger partial charge on any atom is -0.493 e. The summed E-state index contributed by atoms with van der Waals surface area (Å²) in [5.74, 6) is 0.931. The number of anilines is 2. The normalized spacial score (nSPS) is 16.5. The maximum absolute atomic E-state index is 13.5. The number of fused-ring (bicyclic) bond motifs is 4. The molecule has 1 atom stereocenters. The topological polar surface area (TPSA) is 77.2 Å². The lowest BCUT2D eigenvalue weighted by Gasteiger charge is -2.22. The maximum atomic E-state index is 13.5. The van der Waals surface area contributed by atoms with Crippen LogP contribution in [0.4, 0.5) is 17.1 Å². The Hall–Kier alpha value is -3.80. The quantitative estimate of drug-likeness (QED) is 0.669. The SMILES string of the molecule is COc1cc2c(cc1OCc1ccccc1)N=C[C@@H]1Cc3ccc(N)cc3N1C2=O. The first kappa shape index (κ1) is 18.2. The first-order valence-electron chi connectivity index (χ1n) is 9.79. The molecule has 150 valence electrons. The van der Waals surface area contributed by atoms with Crippen LogP contribution in [0.15, 0.2) is 65.7 Å². The molecule has 3 aromatic rings. The van der Waals surface area contributed by atoms with Crippen molar-refractivity contribution in [1.82, 2.24) is 0 Å². The molecule has 0 unspecified atom stereocenters. The second-order valence-electron chi connectivity index (χ2n) is 7.41. The van der Waals surface area contributed by atoms with Gasteiger partial charge in [0.1, 0.15) is 6.61 Å². The summed E-state index contributed by atoms with van der Waals surface area (Å²) >= 11 is 0. The van der Waals surface area contributed by atoms with Gasteiger partial charge < -0.3 is 15.2 Å². The van der Waals surface area contributed by atoms with Crippen LogP contribution in [0.1, 0.15) is 21.5 Å². The van der Waals surface area contributed by atoms with E-state index in [1.165, 1.54) is 0 Å². The van der Waals surface area contributed by atoms with Crippen LogP contribution in [0.25, 0.3) is 0 Å². The zero-order valence-corrected chi connectivity index (χ0v) is 16.5. The van der Waals surface area contributed by atoms with Crippen molar-refractivity contribution in [2.24, 2.45) is 4.99 Å². The number of ether oxygens (including phenoxy) is 2. The summed E-state index contributed by atoms with van der Waals surface area (Å²) in [5.41, 5.74) is 10.6. The predicted octanol–water partition coefficient (Wildman–Crippen LogP) is 4.14. The third-order valence-electron chi connectivity index (χ3n) is 5.48. The number of hydrogen-bond donors (Lipinski definition) is 1. The molecule has 0 saturated heterocycles. The minimum atomic E-state index is -0.138. The summed E-state index contributed by atoms with van der Waals surface area (Å²) in [6.07, 6.45) is 2.54. The fraction of sp³-hybridized carbons (Fsp3) is 0.167. The highest BCUT2D eigenvalue weighted by Crippen LogP contribution is 2.41. The van der Waals surface area contributed by atoms with Crippen LogP contribution in [0.2, 0.25) is 0 Å². The van der Waals surface area contributed by atoms with Gasteiger partial charge in [-0.15, -0.1) is 0 Å². The van der Waals surface area contributed by atoms with Gasteiger partial charge in [0.15, 0.2) is 11.5 Å². The highest BCUT2D eigenvalue weighted by Gasteiger charge is 2.36. The molecule has 1 amide bonds. The van der Waals surface area contributed by atoms with E-state index in [1.54, 1.807) is 24.1 Å². The zero-order valence-electron chi connectivity index (χ0n) is 16.5. The predicted molar refractivity (Wildman–Crippen MR) is 117 cm³/mol. The van der Waals surface area contributed by atoms with E-state index in [-0.39, 0.29) is 11.9 Å². The fourth-order valence-electron chi connectivity index (χ4n) is 3.98. The number of aliphatic imine (C=N–C) groups is 1. The molecule has 5 rings (SSSR count). The van der Waals surface area contributed by atoms with Crippen LogP contribution in [-0.2, 0) is 13.0 Å². The molecule has 2 heterocycles. The van der Waals surface area contributed by atoms with E-state index in [0.717, 1.165) is 16.8 Å². The number of benzene rings is 3. The molecule has 0 fully saturated rings. The largest absolute Gasteiger partial charge is 0.493 e. The molecule has 6 nitrogen and oxygen atoms in total. The van der Waals surface area contributed by atoms with Gasteiger partial charge in [-0.25, -0.2) is 0 Å². The lowest BCUT2D eigenvalue weighted by Crippen LogP contribution is -2.37. The summed E-state index contributed by atoms with van der Waals surface area (Å²) in [6, 6.07) is 18.9. The van der Waals surface area contributed by atoms with Crippen molar-refractivity contribution < 1.29 is 14.3 Å². The number of rotatable bonds is 4. The van der Waals surface area contributed by atoms with Crippen molar-refractivity contribution in [2.45, 2.75) is 19.1 Å². The lowest BCUT2D eigenvalue weighted by molar-refractivity contribution is 0.0986. The van der Waals surface area contributed by atoms with Gasteiger partial charge in [0.25, 0.3) is 5.91 Å². The number of hydrogen-bond acceptors (Lipinski definition) is 5. The Morgan fingerprint density at radius 1 is 1.10 bits per heavy atom. The van der Waals surface area contributed by atoms with E-state index in [9.17, 15) is 4.79 Å². The van der Waals surface area contributed by atoms with Gasteiger partial charge in [-0.05, 0) is 29.3 Å². The summed E-state index contributed by atoms with van der Waals surface area (Å²) < 4.78 is 11.5. The minimum absolute atomic E-state index is 0.121. The van der Waals surface area contributed by atoms with Crippen molar-refractivity contribution in [3.63, 3.8) is 0 Å². The molecular weight excluding hydrogens is 378 g/mol. The Morgan fingerprint density at radius 3 is 2.73 bits per heavy atom. The van der Waals surface area contributed by atoms with Crippen LogP contribution in [0.5, 0.6) is 11.5 Å². The Kier molecular flexibility index (Phi) is 4.39. The van der Waals surface area contributed by atoms with Crippen molar-refractivity contribution in [3.05, 3.63) is 77.4 Å². The van der Waals surface area contributed by atoms with Crippen molar-refractivity contribution in [2.75, 3.05) is 17.7 Å². The van der Waals surface area contributed by atoms with E-state index < -0.39 is 0 Å². The standard InChI is InChI=1S/C24H21N3O3/c1-29-22-11-19-20(12-23(22)30-14-15-5-3-2-4-6-15)26-13-18-9-16-7-8-17(25)10-21(16)27(18)24(19)28/h2-8,10-13,18H,9,14,25H2,1H3/t18-/m0/s1. The first-order chi connectivity index (χ1) is 14.6. The molecule has 0 saturated carbocycles. The molecule has 0 aliphatic carbocycles. The molecule has 0 radical (unpaired) electrons. The average molecular weight is 399 g/mol. The highest BCUT2D eigenvalue weighted by atomic mass is 16.5. The second kappa shape index (κ2) is 7.22.